The van der Waals surface area contributed by atoms with E-state index in [1.165, 1.54) is 24.0 Å². The van der Waals surface area contributed by atoms with E-state index in [1.54, 1.807) is 0 Å². The lowest BCUT2D eigenvalue weighted by Gasteiger charge is -2.04. The fourth-order valence-corrected chi connectivity index (χ4v) is 2.41. The van der Waals surface area contributed by atoms with E-state index in [0.717, 1.165) is 22.2 Å². The van der Waals surface area contributed by atoms with Crippen LogP contribution in [0.3, 0.4) is 0 Å². The molecule has 3 rings (SSSR count). The molecule has 0 radical (unpaired) electrons. The van der Waals surface area contributed by atoms with Crippen LogP contribution < -0.4 is 0 Å². The largest absolute Gasteiger partial charge is 0.256 e. The van der Waals surface area contributed by atoms with Crippen LogP contribution >= 0.6 is 11.6 Å². The lowest BCUT2D eigenvalue weighted by molar-refractivity contribution is 1.09. The average Bonchev–Trinajstić information content (AvgIpc) is 3.12. The Hall–Kier alpha value is -1.34. The molecule has 86 valence electrons. The monoisotopic (exact) mass is 243 g/mol. The fourth-order valence-electron chi connectivity index (χ4n) is 2.12. The Morgan fingerprint density at radius 3 is 2.59 bits per heavy atom. The van der Waals surface area contributed by atoms with E-state index < -0.39 is 0 Å². The summed E-state index contributed by atoms with van der Waals surface area (Å²) in [6.45, 7) is 2.05. The van der Waals surface area contributed by atoms with E-state index in [9.17, 15) is 0 Å². The lowest BCUT2D eigenvalue weighted by Crippen LogP contribution is -1.87. The van der Waals surface area contributed by atoms with Crippen molar-refractivity contribution in [2.45, 2.75) is 25.7 Å². The molecule has 0 saturated heterocycles. The molecule has 0 N–H and O–H groups in total. The van der Waals surface area contributed by atoms with Crippen molar-refractivity contribution in [3.05, 3.63) is 52.7 Å². The van der Waals surface area contributed by atoms with E-state index in [-0.39, 0.29) is 0 Å². The Bertz CT molecular complexity index is 521. The van der Waals surface area contributed by atoms with Crippen molar-refractivity contribution >= 4 is 11.6 Å². The summed E-state index contributed by atoms with van der Waals surface area (Å²) in [6, 6.07) is 10.3. The van der Waals surface area contributed by atoms with E-state index >= 15 is 0 Å². The van der Waals surface area contributed by atoms with Gasteiger partial charge in [-0.05, 0) is 61.1 Å². The molecule has 1 aliphatic rings. The lowest BCUT2D eigenvalue weighted by atomic mass is 10.1. The average molecular weight is 244 g/mol. The van der Waals surface area contributed by atoms with Crippen LogP contribution in [0, 0.1) is 6.92 Å². The van der Waals surface area contributed by atoms with Gasteiger partial charge in [-0.25, -0.2) is 0 Å². The minimum absolute atomic E-state index is 0.762. The van der Waals surface area contributed by atoms with Crippen LogP contribution in [0.25, 0.3) is 11.3 Å². The normalized spacial score (nSPS) is 14.9. The molecule has 1 heterocycles. The van der Waals surface area contributed by atoms with Gasteiger partial charge in [0.15, 0.2) is 0 Å². The van der Waals surface area contributed by atoms with Crippen LogP contribution in [0.4, 0.5) is 0 Å². The molecule has 0 aliphatic heterocycles. The molecule has 0 bridgehead atoms. The number of benzene rings is 1. The number of rotatable bonds is 2. The van der Waals surface area contributed by atoms with E-state index in [1.807, 2.05) is 25.3 Å². The first kappa shape index (κ1) is 10.8. The Balaban J connectivity index is 1.96. The van der Waals surface area contributed by atoms with Crippen LogP contribution in [-0.4, -0.2) is 4.98 Å². The minimum Gasteiger partial charge on any atom is -0.256 e. The van der Waals surface area contributed by atoms with Crippen LogP contribution in [-0.2, 0) is 0 Å². The summed E-state index contributed by atoms with van der Waals surface area (Å²) >= 11 is 6.06. The molecule has 1 saturated carbocycles. The van der Waals surface area contributed by atoms with E-state index in [0.29, 0.717) is 0 Å². The number of nitrogens with zero attached hydrogens (tertiary/aromatic N) is 1. The molecule has 0 amide bonds. The van der Waals surface area contributed by atoms with Crippen LogP contribution in [0.1, 0.15) is 29.9 Å². The second-order valence-electron chi connectivity index (χ2n) is 4.77. The molecule has 0 unspecified atom stereocenters. The van der Waals surface area contributed by atoms with Crippen molar-refractivity contribution in [3.8, 4) is 11.3 Å². The van der Waals surface area contributed by atoms with Gasteiger partial charge in [0, 0.05) is 16.8 Å². The zero-order valence-electron chi connectivity index (χ0n) is 9.78. The summed E-state index contributed by atoms with van der Waals surface area (Å²) in [7, 11) is 0. The summed E-state index contributed by atoms with van der Waals surface area (Å²) in [6.07, 6.45) is 4.64. The van der Waals surface area contributed by atoms with Gasteiger partial charge in [0.05, 0.1) is 5.69 Å². The Kier molecular flexibility index (Phi) is 2.64. The van der Waals surface area contributed by atoms with Crippen molar-refractivity contribution in [2.75, 3.05) is 0 Å². The van der Waals surface area contributed by atoms with Gasteiger partial charge in [-0.3, -0.25) is 4.98 Å². The summed E-state index contributed by atoms with van der Waals surface area (Å²) in [5, 5.41) is 0.771. The highest BCUT2D eigenvalue weighted by atomic mass is 35.5. The summed E-state index contributed by atoms with van der Waals surface area (Å²) in [5.74, 6) is 0.762. The Labute approximate surface area is 106 Å². The molecule has 1 aliphatic carbocycles. The molecule has 2 aromatic rings. The quantitative estimate of drug-likeness (QED) is 0.752. The fraction of sp³-hybridized carbons (Fsp3) is 0.267. The molecule has 0 atom stereocenters. The first-order valence-electron chi connectivity index (χ1n) is 5.96. The van der Waals surface area contributed by atoms with Crippen molar-refractivity contribution in [1.29, 1.82) is 0 Å². The van der Waals surface area contributed by atoms with Gasteiger partial charge in [-0.1, -0.05) is 17.7 Å². The van der Waals surface area contributed by atoms with Crippen LogP contribution in [0.5, 0.6) is 0 Å². The molecule has 1 nitrogen and oxygen atoms in total. The van der Waals surface area contributed by atoms with Gasteiger partial charge in [-0.2, -0.15) is 0 Å². The molecule has 2 heteroatoms. The molecule has 17 heavy (non-hydrogen) atoms. The second kappa shape index (κ2) is 4.15. The zero-order chi connectivity index (χ0) is 11.8. The number of aryl methyl sites for hydroxylation is 1. The van der Waals surface area contributed by atoms with E-state index in [4.69, 9.17) is 11.6 Å². The highest BCUT2D eigenvalue weighted by Gasteiger charge is 2.23. The number of halogens is 1. The third-order valence-electron chi connectivity index (χ3n) is 3.17. The van der Waals surface area contributed by atoms with Crippen molar-refractivity contribution in [3.63, 3.8) is 0 Å². The third kappa shape index (κ3) is 2.34. The standard InChI is InChI=1S/C15H14ClN/c1-10-6-13(8-14(16)7-10)15-5-4-12(9-17-15)11-2-3-11/h4-9,11H,2-3H2,1H3. The smallest absolute Gasteiger partial charge is 0.0702 e. The van der Waals surface area contributed by atoms with Gasteiger partial charge in [0.1, 0.15) is 0 Å². The maximum atomic E-state index is 6.06. The number of aromatic nitrogens is 1. The molecule has 1 aromatic heterocycles. The van der Waals surface area contributed by atoms with Crippen LogP contribution in [0.2, 0.25) is 5.02 Å². The first-order chi connectivity index (χ1) is 8.22. The maximum absolute atomic E-state index is 6.06. The molecule has 1 aromatic carbocycles. The third-order valence-corrected chi connectivity index (χ3v) is 3.39. The molecular weight excluding hydrogens is 230 g/mol. The van der Waals surface area contributed by atoms with Crippen molar-refractivity contribution in [1.82, 2.24) is 4.98 Å². The van der Waals surface area contributed by atoms with Gasteiger partial charge < -0.3 is 0 Å². The predicted molar refractivity (Wildman–Crippen MR) is 71.4 cm³/mol. The van der Waals surface area contributed by atoms with Crippen LogP contribution in [0.15, 0.2) is 36.5 Å². The highest BCUT2D eigenvalue weighted by molar-refractivity contribution is 6.30. The van der Waals surface area contributed by atoms with E-state index in [2.05, 4.69) is 23.2 Å². The Morgan fingerprint density at radius 2 is 2.00 bits per heavy atom. The number of pyridine rings is 1. The van der Waals surface area contributed by atoms with Crippen molar-refractivity contribution < 1.29 is 0 Å². The number of hydrogen-bond acceptors (Lipinski definition) is 1. The summed E-state index contributed by atoms with van der Waals surface area (Å²) < 4.78 is 0. The van der Waals surface area contributed by atoms with Crippen molar-refractivity contribution in [2.24, 2.45) is 0 Å². The summed E-state index contributed by atoms with van der Waals surface area (Å²) in [5.41, 5.74) is 4.63. The van der Waals surface area contributed by atoms with Gasteiger partial charge >= 0.3 is 0 Å². The molecule has 0 spiro atoms. The van der Waals surface area contributed by atoms with Gasteiger partial charge in [0.2, 0.25) is 0 Å². The first-order valence-corrected chi connectivity index (χ1v) is 6.34. The SMILES string of the molecule is Cc1cc(Cl)cc(-c2ccc(C3CC3)cn2)c1. The zero-order valence-corrected chi connectivity index (χ0v) is 10.5. The van der Waals surface area contributed by atoms with Gasteiger partial charge in [0.25, 0.3) is 0 Å². The molecular formula is C15H14ClN. The summed E-state index contributed by atoms with van der Waals surface area (Å²) in [4.78, 5) is 4.53. The van der Waals surface area contributed by atoms with Gasteiger partial charge in [-0.15, -0.1) is 0 Å². The Morgan fingerprint density at radius 1 is 1.18 bits per heavy atom. The number of hydrogen-bond donors (Lipinski definition) is 0. The predicted octanol–water partition coefficient (Wildman–Crippen LogP) is 4.59. The topological polar surface area (TPSA) is 12.9 Å². The maximum Gasteiger partial charge on any atom is 0.0702 e. The second-order valence-corrected chi connectivity index (χ2v) is 5.20. The minimum atomic E-state index is 0.762. The molecule has 1 fully saturated rings. The highest BCUT2D eigenvalue weighted by Crippen LogP contribution is 2.40.